The Morgan fingerprint density at radius 2 is 1.82 bits per heavy atom. The highest BCUT2D eigenvalue weighted by molar-refractivity contribution is 6.37. The summed E-state index contributed by atoms with van der Waals surface area (Å²) in [5.41, 5.74) is 0.333. The molecule has 6 heteroatoms. The van der Waals surface area contributed by atoms with Gasteiger partial charge in [0, 0.05) is 13.1 Å². The fourth-order valence-electron chi connectivity index (χ4n) is 2.67. The van der Waals surface area contributed by atoms with Crippen LogP contribution in [0, 0.1) is 0 Å². The molecule has 1 aromatic rings. The largest absolute Gasteiger partial charge is 0.494 e. The van der Waals surface area contributed by atoms with Crippen molar-refractivity contribution in [1.29, 1.82) is 0 Å². The van der Waals surface area contributed by atoms with Crippen molar-refractivity contribution in [2.75, 3.05) is 20.2 Å². The monoisotopic (exact) mass is 345 g/mol. The van der Waals surface area contributed by atoms with Crippen LogP contribution in [0.1, 0.15) is 37.0 Å². The number of carbonyl (C=O) groups is 1. The smallest absolute Gasteiger partial charge is 0.259 e. The van der Waals surface area contributed by atoms with E-state index in [0.717, 1.165) is 12.8 Å². The number of likely N-dealkylation sites (tertiary alicyclic amines) is 1. The lowest BCUT2D eigenvalue weighted by molar-refractivity contribution is -0.0236. The van der Waals surface area contributed by atoms with E-state index >= 15 is 0 Å². The molecule has 0 radical (unpaired) electrons. The molecule has 0 bridgehead atoms. The van der Waals surface area contributed by atoms with E-state index in [1.807, 2.05) is 13.8 Å². The van der Waals surface area contributed by atoms with Gasteiger partial charge in [-0.05, 0) is 38.8 Å². The van der Waals surface area contributed by atoms with E-state index in [9.17, 15) is 4.79 Å². The number of nitrogens with zero attached hydrogens (tertiary/aromatic N) is 1. The van der Waals surface area contributed by atoms with Crippen molar-refractivity contribution < 1.29 is 14.3 Å². The van der Waals surface area contributed by atoms with Crippen LogP contribution in [0.3, 0.4) is 0 Å². The number of rotatable bonds is 4. The van der Waals surface area contributed by atoms with E-state index in [4.69, 9.17) is 32.7 Å². The topological polar surface area (TPSA) is 38.8 Å². The highest BCUT2D eigenvalue weighted by Crippen LogP contribution is 2.35. The van der Waals surface area contributed by atoms with Gasteiger partial charge in [-0.15, -0.1) is 0 Å². The molecule has 0 aromatic heterocycles. The van der Waals surface area contributed by atoms with Gasteiger partial charge in [-0.25, -0.2) is 0 Å². The standard InChI is InChI=1S/C16H21Cl2NO3/c1-10(2)22-11-6-8-19(9-7-11)16(20)14-12(17)4-5-13(18)15(14)21-3/h4-5,10-11H,6-9H2,1-3H3. The maximum Gasteiger partial charge on any atom is 0.259 e. The Bertz CT molecular complexity index is 540. The SMILES string of the molecule is COc1c(Cl)ccc(Cl)c1C(=O)N1CCC(OC(C)C)CC1. The quantitative estimate of drug-likeness (QED) is 0.826. The number of amides is 1. The molecule has 0 spiro atoms. The number of halogens is 2. The van der Waals surface area contributed by atoms with Crippen molar-refractivity contribution in [3.63, 3.8) is 0 Å². The number of hydrogen-bond acceptors (Lipinski definition) is 3. The van der Waals surface area contributed by atoms with Gasteiger partial charge < -0.3 is 14.4 Å². The summed E-state index contributed by atoms with van der Waals surface area (Å²) in [5.74, 6) is 0.187. The van der Waals surface area contributed by atoms with Gasteiger partial charge in [-0.1, -0.05) is 23.2 Å². The molecule has 1 saturated heterocycles. The second-order valence-corrected chi connectivity index (χ2v) is 6.43. The molecule has 0 N–H and O–H groups in total. The molecule has 1 aliphatic heterocycles. The Hall–Kier alpha value is -0.970. The Balaban J connectivity index is 2.12. The molecule has 22 heavy (non-hydrogen) atoms. The summed E-state index contributed by atoms with van der Waals surface area (Å²) in [6, 6.07) is 3.25. The van der Waals surface area contributed by atoms with Crippen LogP contribution < -0.4 is 4.74 Å². The zero-order chi connectivity index (χ0) is 16.3. The third-order valence-electron chi connectivity index (χ3n) is 3.67. The van der Waals surface area contributed by atoms with Crippen LogP contribution in [0.5, 0.6) is 5.75 Å². The first-order valence-electron chi connectivity index (χ1n) is 7.40. The third-order valence-corrected chi connectivity index (χ3v) is 4.28. The number of ether oxygens (including phenoxy) is 2. The zero-order valence-corrected chi connectivity index (χ0v) is 14.6. The Kier molecular flexibility index (Phi) is 5.95. The Morgan fingerprint density at radius 3 is 2.36 bits per heavy atom. The molecule has 0 aliphatic carbocycles. The first-order valence-corrected chi connectivity index (χ1v) is 8.16. The summed E-state index contributed by atoms with van der Waals surface area (Å²) >= 11 is 12.3. The lowest BCUT2D eigenvalue weighted by Crippen LogP contribution is -2.41. The van der Waals surface area contributed by atoms with Gasteiger partial charge in [0.15, 0.2) is 5.75 Å². The first-order chi connectivity index (χ1) is 10.4. The molecule has 1 heterocycles. The molecule has 1 aromatic carbocycles. The summed E-state index contributed by atoms with van der Waals surface area (Å²) in [7, 11) is 1.48. The predicted octanol–water partition coefficient (Wildman–Crippen LogP) is 4.03. The van der Waals surface area contributed by atoms with E-state index in [1.165, 1.54) is 7.11 Å². The molecular formula is C16H21Cl2NO3. The maximum absolute atomic E-state index is 12.7. The van der Waals surface area contributed by atoms with Gasteiger partial charge in [0.2, 0.25) is 0 Å². The van der Waals surface area contributed by atoms with Crippen molar-refractivity contribution in [3.05, 3.63) is 27.7 Å². The van der Waals surface area contributed by atoms with Crippen molar-refractivity contribution >= 4 is 29.1 Å². The van der Waals surface area contributed by atoms with E-state index in [1.54, 1.807) is 17.0 Å². The average Bonchev–Trinajstić information content (AvgIpc) is 2.48. The predicted molar refractivity (Wildman–Crippen MR) is 88.2 cm³/mol. The van der Waals surface area contributed by atoms with Crippen LogP contribution in [0.25, 0.3) is 0 Å². The lowest BCUT2D eigenvalue weighted by atomic mass is 10.1. The molecule has 1 aliphatic rings. The molecule has 122 valence electrons. The summed E-state index contributed by atoms with van der Waals surface area (Å²) in [6.45, 7) is 5.33. The minimum absolute atomic E-state index is 0.146. The number of carbonyl (C=O) groups excluding carboxylic acids is 1. The zero-order valence-electron chi connectivity index (χ0n) is 13.1. The van der Waals surface area contributed by atoms with Gasteiger partial charge in [-0.3, -0.25) is 4.79 Å². The van der Waals surface area contributed by atoms with Gasteiger partial charge in [0.1, 0.15) is 5.56 Å². The number of methoxy groups -OCH3 is 1. The van der Waals surface area contributed by atoms with E-state index in [0.29, 0.717) is 34.4 Å². The fourth-order valence-corrected chi connectivity index (χ4v) is 3.13. The van der Waals surface area contributed by atoms with Crippen molar-refractivity contribution in [3.8, 4) is 5.75 Å². The Labute approximate surface area is 141 Å². The third kappa shape index (κ3) is 3.86. The second kappa shape index (κ2) is 7.53. The summed E-state index contributed by atoms with van der Waals surface area (Å²) in [6.07, 6.45) is 2.06. The number of piperidine rings is 1. The second-order valence-electron chi connectivity index (χ2n) is 5.61. The number of benzene rings is 1. The van der Waals surface area contributed by atoms with Crippen molar-refractivity contribution in [2.24, 2.45) is 0 Å². The molecule has 1 fully saturated rings. The van der Waals surface area contributed by atoms with Gasteiger partial charge >= 0.3 is 0 Å². The average molecular weight is 346 g/mol. The van der Waals surface area contributed by atoms with E-state index in [2.05, 4.69) is 0 Å². The molecular weight excluding hydrogens is 325 g/mol. The summed E-state index contributed by atoms with van der Waals surface area (Å²) in [4.78, 5) is 14.5. The van der Waals surface area contributed by atoms with E-state index in [-0.39, 0.29) is 18.1 Å². The van der Waals surface area contributed by atoms with Crippen molar-refractivity contribution in [2.45, 2.75) is 38.9 Å². The van der Waals surface area contributed by atoms with Gasteiger partial charge in [-0.2, -0.15) is 0 Å². The van der Waals surface area contributed by atoms with Crippen LogP contribution in [0.15, 0.2) is 12.1 Å². The lowest BCUT2D eigenvalue weighted by Gasteiger charge is -2.33. The molecule has 2 rings (SSSR count). The minimum atomic E-state index is -0.146. The molecule has 0 unspecified atom stereocenters. The molecule has 0 atom stereocenters. The molecule has 1 amide bonds. The summed E-state index contributed by atoms with van der Waals surface area (Å²) < 4.78 is 11.1. The molecule has 0 saturated carbocycles. The highest BCUT2D eigenvalue weighted by Gasteiger charge is 2.28. The van der Waals surface area contributed by atoms with Gasteiger partial charge in [0.25, 0.3) is 5.91 Å². The van der Waals surface area contributed by atoms with Crippen LogP contribution in [0.4, 0.5) is 0 Å². The Morgan fingerprint density at radius 1 is 1.23 bits per heavy atom. The number of hydrogen-bond donors (Lipinski definition) is 0. The highest BCUT2D eigenvalue weighted by atomic mass is 35.5. The summed E-state index contributed by atoms with van der Waals surface area (Å²) in [5, 5.41) is 0.736. The van der Waals surface area contributed by atoms with Crippen LogP contribution >= 0.6 is 23.2 Å². The molecule has 4 nitrogen and oxygen atoms in total. The maximum atomic E-state index is 12.7. The van der Waals surface area contributed by atoms with Crippen LogP contribution in [-0.4, -0.2) is 43.2 Å². The van der Waals surface area contributed by atoms with Crippen LogP contribution in [0.2, 0.25) is 10.0 Å². The van der Waals surface area contributed by atoms with E-state index < -0.39 is 0 Å². The van der Waals surface area contributed by atoms with Crippen molar-refractivity contribution in [1.82, 2.24) is 4.90 Å². The minimum Gasteiger partial charge on any atom is -0.494 e. The first kappa shape index (κ1) is 17.4. The normalized spacial score (nSPS) is 16.2. The van der Waals surface area contributed by atoms with Gasteiger partial charge in [0.05, 0.1) is 29.4 Å². The fraction of sp³-hybridized carbons (Fsp3) is 0.562. The van der Waals surface area contributed by atoms with Crippen LogP contribution in [-0.2, 0) is 4.74 Å².